The fraction of sp³-hybridized carbons (Fsp3) is 0.381. The van der Waals surface area contributed by atoms with Crippen LogP contribution in [0, 0.1) is 31.1 Å². The summed E-state index contributed by atoms with van der Waals surface area (Å²) in [6.07, 6.45) is -3.13. The van der Waals surface area contributed by atoms with Crippen molar-refractivity contribution in [1.29, 1.82) is 5.26 Å². The molecule has 1 atom stereocenters. The van der Waals surface area contributed by atoms with Crippen LogP contribution in [0.15, 0.2) is 28.2 Å². The number of nitriles is 1. The number of hydrogen-bond acceptors (Lipinski definition) is 4. The fourth-order valence-electron chi connectivity index (χ4n) is 2.76. The monoisotopic (exact) mass is 454 g/mol. The fourth-order valence-corrected chi connectivity index (χ4v) is 2.76. The minimum atomic E-state index is -4.61. The Morgan fingerprint density at radius 2 is 1.78 bits per heavy atom. The second kappa shape index (κ2) is 10.2. The van der Waals surface area contributed by atoms with Crippen LogP contribution in [0.25, 0.3) is 0 Å². The highest BCUT2D eigenvalue weighted by Gasteiger charge is 2.35. The van der Waals surface area contributed by atoms with Gasteiger partial charge in [0, 0.05) is 24.7 Å². The van der Waals surface area contributed by atoms with E-state index in [1.54, 1.807) is 6.07 Å². The molecule has 172 valence electrons. The van der Waals surface area contributed by atoms with Crippen LogP contribution in [0.1, 0.15) is 52.9 Å². The molecule has 7 nitrogen and oxygen atoms in total. The van der Waals surface area contributed by atoms with Gasteiger partial charge in [-0.2, -0.15) is 18.4 Å². The van der Waals surface area contributed by atoms with E-state index in [1.807, 2.05) is 0 Å². The molecule has 0 aliphatic carbocycles. The maximum atomic E-state index is 13.3. The van der Waals surface area contributed by atoms with Crippen molar-refractivity contribution in [1.82, 2.24) is 9.88 Å². The molecule has 1 aromatic rings. The number of amides is 2. The molecule has 1 rings (SSSR count). The molecule has 0 aromatic carbocycles. The standard InChI is InChI=1S/C21H22F4N4O3/c1-10(21(23,24)25)9-27-20(32)18(30)17-12(3)16(14(5)29(17)6)19(31)28-11(2)7-15(8-26)13(4)22/h7,9-10H,1-6H3,(H,28,31)/b11-7+,15-13-,27-9-. The number of carbonyl (C=O) groups is 3. The van der Waals surface area contributed by atoms with Crippen LogP contribution in [0.4, 0.5) is 17.6 Å². The second-order valence-corrected chi connectivity index (χ2v) is 7.08. The minimum absolute atomic E-state index is 0.0449. The van der Waals surface area contributed by atoms with E-state index in [9.17, 15) is 31.9 Å². The summed E-state index contributed by atoms with van der Waals surface area (Å²) < 4.78 is 52.2. The number of nitrogens with one attached hydrogen (secondary N) is 1. The Morgan fingerprint density at radius 3 is 2.25 bits per heavy atom. The molecule has 1 aromatic heterocycles. The van der Waals surface area contributed by atoms with Crippen molar-refractivity contribution in [3.05, 3.63) is 45.7 Å². The number of rotatable bonds is 6. The van der Waals surface area contributed by atoms with Gasteiger partial charge in [0.05, 0.1) is 22.7 Å². The smallest absolute Gasteiger partial charge is 0.344 e. The topological polar surface area (TPSA) is 104 Å². The van der Waals surface area contributed by atoms with Crippen LogP contribution in [-0.2, 0) is 11.8 Å². The van der Waals surface area contributed by atoms with Gasteiger partial charge in [0.1, 0.15) is 11.9 Å². The molecule has 1 heterocycles. The van der Waals surface area contributed by atoms with Gasteiger partial charge < -0.3 is 9.88 Å². The SMILES string of the molecule is C/C(F)=C(C#N)\C=C(/C)NC(=O)c1c(C)c(C(=O)C(=O)/N=C\C(C)C(F)(F)F)n(C)c1C. The van der Waals surface area contributed by atoms with E-state index in [-0.39, 0.29) is 28.1 Å². The lowest BCUT2D eigenvalue weighted by molar-refractivity contribution is -0.149. The van der Waals surface area contributed by atoms with Gasteiger partial charge in [-0.05, 0) is 46.3 Å². The molecule has 0 saturated heterocycles. The van der Waals surface area contributed by atoms with Crippen LogP contribution in [0.3, 0.4) is 0 Å². The highest BCUT2D eigenvalue weighted by molar-refractivity contribution is 6.44. The quantitative estimate of drug-likeness (QED) is 0.175. The van der Waals surface area contributed by atoms with Crippen LogP contribution < -0.4 is 5.32 Å². The van der Waals surface area contributed by atoms with Gasteiger partial charge in [0.25, 0.3) is 11.7 Å². The van der Waals surface area contributed by atoms with E-state index >= 15 is 0 Å². The number of Topliss-reactive ketones (excluding diaryl/α,β-unsaturated/α-hetero) is 1. The summed E-state index contributed by atoms with van der Waals surface area (Å²) in [6.45, 7) is 6.20. The first-order valence-corrected chi connectivity index (χ1v) is 9.24. The lowest BCUT2D eigenvalue weighted by Gasteiger charge is -2.09. The van der Waals surface area contributed by atoms with Crippen LogP contribution in [0.5, 0.6) is 0 Å². The zero-order valence-electron chi connectivity index (χ0n) is 18.3. The van der Waals surface area contributed by atoms with E-state index in [0.29, 0.717) is 11.9 Å². The van der Waals surface area contributed by atoms with Crippen molar-refractivity contribution in [3.8, 4) is 6.07 Å². The number of ketones is 1. The Bertz CT molecular complexity index is 1080. The maximum Gasteiger partial charge on any atom is 0.396 e. The average Bonchev–Trinajstić information content (AvgIpc) is 2.90. The Balaban J connectivity index is 3.26. The Kier molecular flexibility index (Phi) is 8.42. The number of carbonyl (C=O) groups excluding carboxylic acids is 3. The molecule has 0 aliphatic heterocycles. The summed E-state index contributed by atoms with van der Waals surface area (Å²) >= 11 is 0. The van der Waals surface area contributed by atoms with E-state index in [2.05, 4.69) is 10.3 Å². The molecule has 32 heavy (non-hydrogen) atoms. The Labute approximate surface area is 182 Å². The molecule has 0 spiro atoms. The van der Waals surface area contributed by atoms with Gasteiger partial charge in [-0.15, -0.1) is 0 Å². The van der Waals surface area contributed by atoms with Crippen LogP contribution in [0.2, 0.25) is 0 Å². The summed E-state index contributed by atoms with van der Waals surface area (Å²) in [6, 6.07) is 1.64. The van der Waals surface area contributed by atoms with Crippen LogP contribution in [-0.4, -0.2) is 34.6 Å². The largest absolute Gasteiger partial charge is 0.396 e. The van der Waals surface area contributed by atoms with Gasteiger partial charge in [-0.1, -0.05) is 0 Å². The van der Waals surface area contributed by atoms with Gasteiger partial charge in [-0.25, -0.2) is 9.38 Å². The number of alkyl halides is 3. The number of hydrogen-bond donors (Lipinski definition) is 1. The predicted molar refractivity (Wildman–Crippen MR) is 109 cm³/mol. The van der Waals surface area contributed by atoms with Crippen molar-refractivity contribution in [3.63, 3.8) is 0 Å². The van der Waals surface area contributed by atoms with Gasteiger partial charge in [0.15, 0.2) is 0 Å². The molecule has 0 saturated carbocycles. The zero-order valence-corrected chi connectivity index (χ0v) is 18.3. The number of allylic oxidation sites excluding steroid dienone is 4. The van der Waals surface area contributed by atoms with Crippen LogP contribution >= 0.6 is 0 Å². The number of halogens is 4. The summed E-state index contributed by atoms with van der Waals surface area (Å²) in [7, 11) is 1.41. The van der Waals surface area contributed by atoms with E-state index in [0.717, 1.165) is 19.9 Å². The van der Waals surface area contributed by atoms with Crippen molar-refractivity contribution >= 4 is 23.8 Å². The van der Waals surface area contributed by atoms with Crippen molar-refractivity contribution < 1.29 is 31.9 Å². The highest BCUT2D eigenvalue weighted by atomic mass is 19.4. The van der Waals surface area contributed by atoms with Gasteiger partial charge in [-0.3, -0.25) is 14.4 Å². The van der Waals surface area contributed by atoms with Crippen molar-refractivity contribution in [2.24, 2.45) is 18.0 Å². The van der Waals surface area contributed by atoms with Crippen molar-refractivity contribution in [2.75, 3.05) is 0 Å². The first-order valence-electron chi connectivity index (χ1n) is 9.24. The summed E-state index contributed by atoms with van der Waals surface area (Å²) in [5.74, 6) is -6.02. The predicted octanol–water partition coefficient (Wildman–Crippen LogP) is 4.02. The summed E-state index contributed by atoms with van der Waals surface area (Å²) in [5, 5.41) is 11.4. The van der Waals surface area contributed by atoms with Gasteiger partial charge in [0.2, 0.25) is 0 Å². The van der Waals surface area contributed by atoms with E-state index in [4.69, 9.17) is 5.26 Å². The molecule has 0 aliphatic rings. The molecule has 0 radical (unpaired) electrons. The van der Waals surface area contributed by atoms with Gasteiger partial charge >= 0.3 is 12.1 Å². The number of nitrogens with zero attached hydrogens (tertiary/aromatic N) is 3. The molecule has 1 unspecified atom stereocenters. The second-order valence-electron chi connectivity index (χ2n) is 7.08. The van der Waals surface area contributed by atoms with E-state index in [1.165, 1.54) is 32.4 Å². The third-order valence-electron chi connectivity index (χ3n) is 4.66. The average molecular weight is 454 g/mol. The van der Waals surface area contributed by atoms with Crippen molar-refractivity contribution in [2.45, 2.75) is 40.8 Å². The summed E-state index contributed by atoms with van der Waals surface area (Å²) in [5.41, 5.74) is 0.133. The molecule has 0 bridgehead atoms. The summed E-state index contributed by atoms with van der Waals surface area (Å²) in [4.78, 5) is 40.4. The number of aromatic nitrogens is 1. The first-order chi connectivity index (χ1) is 14.6. The third kappa shape index (κ3) is 6.00. The normalized spacial score (nSPS) is 14.1. The molecule has 1 N–H and O–H groups in total. The number of aliphatic imine (C=N–C) groups is 1. The Morgan fingerprint density at radius 1 is 1.22 bits per heavy atom. The van der Waals surface area contributed by atoms with E-state index < -0.39 is 35.5 Å². The molecule has 0 fully saturated rings. The molecular weight excluding hydrogens is 432 g/mol. The third-order valence-corrected chi connectivity index (χ3v) is 4.66. The minimum Gasteiger partial charge on any atom is -0.344 e. The Hall–Kier alpha value is -3.55. The maximum absolute atomic E-state index is 13.3. The zero-order chi connectivity index (χ0) is 25.0. The molecule has 2 amide bonds. The highest BCUT2D eigenvalue weighted by Crippen LogP contribution is 2.25. The molecular formula is C21H22F4N4O3. The lowest BCUT2D eigenvalue weighted by Crippen LogP contribution is -2.23. The molecule has 11 heteroatoms. The first kappa shape index (κ1) is 26.5. The lowest BCUT2D eigenvalue weighted by atomic mass is 10.1.